The molecule has 2 rings (SSSR count). The topological polar surface area (TPSA) is 12.0 Å². The summed E-state index contributed by atoms with van der Waals surface area (Å²) in [6.07, 6.45) is 6.44. The van der Waals surface area contributed by atoms with Crippen LogP contribution in [0.15, 0.2) is 18.2 Å². The van der Waals surface area contributed by atoms with Crippen LogP contribution >= 0.6 is 22.6 Å². The summed E-state index contributed by atoms with van der Waals surface area (Å²) in [7, 11) is 0. The number of anilines is 1. The highest BCUT2D eigenvalue weighted by Gasteiger charge is 2.20. The minimum Gasteiger partial charge on any atom is -0.381 e. The molecule has 1 N–H and O–H groups in total. The summed E-state index contributed by atoms with van der Waals surface area (Å²) >= 11 is 2.19. The van der Waals surface area contributed by atoms with Crippen molar-refractivity contribution < 1.29 is 4.39 Å². The molecule has 0 heterocycles. The highest BCUT2D eigenvalue weighted by Crippen LogP contribution is 2.29. The molecular formula is C14H19FIN. The van der Waals surface area contributed by atoms with Gasteiger partial charge in [-0.2, -0.15) is 0 Å². The smallest absolute Gasteiger partial charge is 0.124 e. The first kappa shape index (κ1) is 13.1. The Kier molecular flexibility index (Phi) is 4.65. The molecular weight excluding hydrogens is 328 g/mol. The van der Waals surface area contributed by atoms with E-state index in [4.69, 9.17) is 0 Å². The largest absolute Gasteiger partial charge is 0.381 e. The Hall–Kier alpha value is -0.320. The van der Waals surface area contributed by atoms with Gasteiger partial charge < -0.3 is 5.32 Å². The first-order chi connectivity index (χ1) is 8.19. The first-order valence-corrected chi connectivity index (χ1v) is 7.48. The second-order valence-corrected chi connectivity index (χ2v) is 6.06. The van der Waals surface area contributed by atoms with E-state index in [2.05, 4.69) is 34.8 Å². The second kappa shape index (κ2) is 6.03. The third-order valence-corrected chi connectivity index (χ3v) is 4.61. The van der Waals surface area contributed by atoms with Gasteiger partial charge in [-0.15, -0.1) is 0 Å². The Labute approximate surface area is 116 Å². The fourth-order valence-corrected chi connectivity index (χ4v) is 3.17. The normalized spacial score (nSPS) is 24.6. The molecule has 0 aromatic heterocycles. The van der Waals surface area contributed by atoms with Gasteiger partial charge in [0.05, 0.1) is 0 Å². The highest BCUT2D eigenvalue weighted by atomic mass is 127. The van der Waals surface area contributed by atoms with Crippen LogP contribution in [0.4, 0.5) is 10.1 Å². The van der Waals surface area contributed by atoms with Crippen molar-refractivity contribution in [2.24, 2.45) is 5.92 Å². The van der Waals surface area contributed by atoms with Crippen molar-refractivity contribution in [2.75, 3.05) is 5.32 Å². The Balaban J connectivity index is 1.93. The van der Waals surface area contributed by atoms with Gasteiger partial charge in [-0.05, 0) is 72.4 Å². The van der Waals surface area contributed by atoms with Crippen LogP contribution < -0.4 is 5.32 Å². The van der Waals surface area contributed by atoms with E-state index < -0.39 is 0 Å². The Morgan fingerprint density at radius 3 is 2.59 bits per heavy atom. The van der Waals surface area contributed by atoms with Gasteiger partial charge in [0, 0.05) is 15.3 Å². The quantitative estimate of drug-likeness (QED) is 0.774. The third kappa shape index (κ3) is 3.57. The van der Waals surface area contributed by atoms with Crippen LogP contribution in [0.5, 0.6) is 0 Å². The molecule has 1 nitrogen and oxygen atoms in total. The molecule has 0 spiro atoms. The van der Waals surface area contributed by atoms with Crippen LogP contribution in [0.3, 0.4) is 0 Å². The number of benzene rings is 1. The van der Waals surface area contributed by atoms with Crippen LogP contribution in [0.25, 0.3) is 0 Å². The molecule has 3 heteroatoms. The molecule has 1 aliphatic rings. The lowest BCUT2D eigenvalue weighted by Crippen LogP contribution is -2.26. The van der Waals surface area contributed by atoms with Crippen LogP contribution in [0, 0.1) is 15.3 Å². The number of rotatable bonds is 3. The number of hydrogen-bond acceptors (Lipinski definition) is 1. The summed E-state index contributed by atoms with van der Waals surface area (Å²) in [6.45, 7) is 2.28. The van der Waals surface area contributed by atoms with Crippen molar-refractivity contribution in [1.29, 1.82) is 0 Å². The highest BCUT2D eigenvalue weighted by molar-refractivity contribution is 14.1. The third-order valence-electron chi connectivity index (χ3n) is 3.71. The lowest BCUT2D eigenvalue weighted by Gasteiger charge is -2.29. The van der Waals surface area contributed by atoms with Gasteiger partial charge in [-0.1, -0.05) is 13.3 Å². The maximum absolute atomic E-state index is 13.0. The molecule has 1 aromatic rings. The van der Waals surface area contributed by atoms with E-state index in [1.807, 2.05) is 6.07 Å². The standard InChI is InChI=1S/C14H19FIN/c1-2-10-3-6-12(7-4-10)17-14-8-5-11(15)9-13(14)16/h5,8-10,12,17H,2-4,6-7H2,1H3. The molecule has 0 bridgehead atoms. The average molecular weight is 347 g/mol. The fraction of sp³-hybridized carbons (Fsp3) is 0.571. The van der Waals surface area contributed by atoms with Crippen molar-refractivity contribution in [3.63, 3.8) is 0 Å². The molecule has 0 aliphatic heterocycles. The summed E-state index contributed by atoms with van der Waals surface area (Å²) < 4.78 is 14.0. The lowest BCUT2D eigenvalue weighted by atomic mass is 9.84. The molecule has 1 fully saturated rings. The molecule has 0 unspecified atom stereocenters. The molecule has 0 atom stereocenters. The van der Waals surface area contributed by atoms with E-state index in [1.165, 1.54) is 38.2 Å². The molecule has 0 amide bonds. The van der Waals surface area contributed by atoms with E-state index >= 15 is 0 Å². The van der Waals surface area contributed by atoms with E-state index in [-0.39, 0.29) is 5.82 Å². The van der Waals surface area contributed by atoms with Gasteiger partial charge >= 0.3 is 0 Å². The summed E-state index contributed by atoms with van der Waals surface area (Å²) in [5, 5.41) is 3.55. The summed E-state index contributed by atoms with van der Waals surface area (Å²) in [4.78, 5) is 0. The monoisotopic (exact) mass is 347 g/mol. The predicted molar refractivity (Wildman–Crippen MR) is 78.8 cm³/mol. The molecule has 1 aromatic carbocycles. The van der Waals surface area contributed by atoms with Gasteiger partial charge in [-0.25, -0.2) is 4.39 Å². The molecule has 17 heavy (non-hydrogen) atoms. The van der Waals surface area contributed by atoms with Gasteiger partial charge in [0.1, 0.15) is 5.82 Å². The second-order valence-electron chi connectivity index (χ2n) is 4.89. The SMILES string of the molecule is CCC1CCC(Nc2ccc(F)cc2I)CC1. The van der Waals surface area contributed by atoms with Crippen molar-refractivity contribution >= 4 is 28.3 Å². The molecule has 1 aliphatic carbocycles. The number of hydrogen-bond donors (Lipinski definition) is 1. The van der Waals surface area contributed by atoms with Crippen LogP contribution in [0.2, 0.25) is 0 Å². The van der Waals surface area contributed by atoms with Gasteiger partial charge in [0.25, 0.3) is 0 Å². The van der Waals surface area contributed by atoms with Crippen molar-refractivity contribution in [2.45, 2.75) is 45.1 Å². The van der Waals surface area contributed by atoms with Crippen molar-refractivity contribution in [3.8, 4) is 0 Å². The minimum absolute atomic E-state index is 0.158. The maximum Gasteiger partial charge on any atom is 0.124 e. The van der Waals surface area contributed by atoms with Gasteiger partial charge in [0.2, 0.25) is 0 Å². The lowest BCUT2D eigenvalue weighted by molar-refractivity contribution is 0.330. The zero-order valence-electron chi connectivity index (χ0n) is 10.2. The van der Waals surface area contributed by atoms with E-state index in [9.17, 15) is 4.39 Å². The Morgan fingerprint density at radius 1 is 1.29 bits per heavy atom. The minimum atomic E-state index is -0.158. The van der Waals surface area contributed by atoms with Crippen LogP contribution in [-0.4, -0.2) is 6.04 Å². The van der Waals surface area contributed by atoms with E-state index in [1.54, 1.807) is 6.07 Å². The number of halogens is 2. The maximum atomic E-state index is 13.0. The van der Waals surface area contributed by atoms with E-state index in [0.29, 0.717) is 6.04 Å². The van der Waals surface area contributed by atoms with Gasteiger partial charge in [0.15, 0.2) is 0 Å². The zero-order chi connectivity index (χ0) is 12.3. The molecule has 94 valence electrons. The Morgan fingerprint density at radius 2 is 2.00 bits per heavy atom. The first-order valence-electron chi connectivity index (χ1n) is 6.40. The summed E-state index contributed by atoms with van der Waals surface area (Å²) in [6, 6.07) is 5.53. The van der Waals surface area contributed by atoms with Crippen LogP contribution in [-0.2, 0) is 0 Å². The molecule has 1 saturated carbocycles. The number of nitrogens with one attached hydrogen (secondary N) is 1. The molecule has 0 radical (unpaired) electrons. The fourth-order valence-electron chi connectivity index (χ4n) is 2.54. The van der Waals surface area contributed by atoms with Crippen molar-refractivity contribution in [1.82, 2.24) is 0 Å². The van der Waals surface area contributed by atoms with Gasteiger partial charge in [-0.3, -0.25) is 0 Å². The van der Waals surface area contributed by atoms with Crippen LogP contribution in [0.1, 0.15) is 39.0 Å². The summed E-state index contributed by atoms with van der Waals surface area (Å²) in [5.74, 6) is 0.759. The molecule has 0 saturated heterocycles. The Bertz CT molecular complexity index is 372. The predicted octanol–water partition coefficient (Wildman–Crippen LogP) is 4.81. The zero-order valence-corrected chi connectivity index (χ0v) is 12.3. The van der Waals surface area contributed by atoms with E-state index in [0.717, 1.165) is 15.2 Å². The van der Waals surface area contributed by atoms with Crippen molar-refractivity contribution in [3.05, 3.63) is 27.6 Å². The average Bonchev–Trinajstić information content (AvgIpc) is 2.34. The summed E-state index contributed by atoms with van der Waals surface area (Å²) in [5.41, 5.74) is 1.08.